The molecular formula is C34H54N4O3. The van der Waals surface area contributed by atoms with Crippen molar-refractivity contribution in [3.8, 4) is 0 Å². The number of hydrogen-bond donors (Lipinski definition) is 1. The SMILES string of the molecule is CCCCCCCCNC(=O)N(CCN1CCN(C(=O)COCc2ccccc2)CC1)CC1=CCC2CC1C2(C)C. The lowest BCUT2D eigenvalue weighted by Crippen LogP contribution is -2.53. The summed E-state index contributed by atoms with van der Waals surface area (Å²) in [7, 11) is 0. The molecule has 2 atom stereocenters. The van der Waals surface area contributed by atoms with E-state index in [0.29, 0.717) is 37.6 Å². The predicted molar refractivity (Wildman–Crippen MR) is 166 cm³/mol. The Labute approximate surface area is 248 Å². The zero-order chi connectivity index (χ0) is 29.1. The van der Waals surface area contributed by atoms with Gasteiger partial charge < -0.3 is 19.9 Å². The van der Waals surface area contributed by atoms with E-state index >= 15 is 0 Å². The number of rotatable bonds is 16. The minimum absolute atomic E-state index is 0.0573. The Morgan fingerprint density at radius 2 is 1.76 bits per heavy atom. The lowest BCUT2D eigenvalue weighted by Gasteiger charge is -2.57. The van der Waals surface area contributed by atoms with Gasteiger partial charge in [0.05, 0.1) is 6.61 Å². The van der Waals surface area contributed by atoms with E-state index in [2.05, 4.69) is 37.1 Å². The normalized spacial score (nSPS) is 21.6. The number of carbonyl (C=O) groups is 2. The van der Waals surface area contributed by atoms with E-state index in [1.807, 2.05) is 40.1 Å². The average Bonchev–Trinajstić information content (AvgIpc) is 2.99. The van der Waals surface area contributed by atoms with Crippen molar-refractivity contribution in [1.82, 2.24) is 20.0 Å². The van der Waals surface area contributed by atoms with Crippen molar-refractivity contribution in [3.05, 3.63) is 47.5 Å². The molecule has 2 unspecified atom stereocenters. The Morgan fingerprint density at radius 1 is 1.02 bits per heavy atom. The monoisotopic (exact) mass is 566 g/mol. The Balaban J connectivity index is 1.21. The topological polar surface area (TPSA) is 65.1 Å². The lowest BCUT2D eigenvalue weighted by atomic mass is 9.49. The fraction of sp³-hybridized carbons (Fsp3) is 0.706. The van der Waals surface area contributed by atoms with Crippen LogP contribution in [0, 0.1) is 17.3 Å². The van der Waals surface area contributed by atoms with Crippen LogP contribution in [-0.4, -0.2) is 85.6 Å². The molecule has 2 bridgehead atoms. The molecule has 1 N–H and O–H groups in total. The van der Waals surface area contributed by atoms with Gasteiger partial charge in [-0.1, -0.05) is 94.9 Å². The lowest BCUT2D eigenvalue weighted by molar-refractivity contribution is -0.138. The summed E-state index contributed by atoms with van der Waals surface area (Å²) >= 11 is 0. The van der Waals surface area contributed by atoms with Crippen molar-refractivity contribution in [3.63, 3.8) is 0 Å². The highest BCUT2D eigenvalue weighted by Crippen LogP contribution is 2.59. The van der Waals surface area contributed by atoms with E-state index < -0.39 is 0 Å². The van der Waals surface area contributed by atoms with Crippen LogP contribution in [0.4, 0.5) is 4.79 Å². The molecular weight excluding hydrogens is 512 g/mol. The van der Waals surface area contributed by atoms with Crippen molar-refractivity contribution in [2.45, 2.75) is 78.7 Å². The summed E-state index contributed by atoms with van der Waals surface area (Å²) in [4.78, 5) is 32.4. The van der Waals surface area contributed by atoms with E-state index in [4.69, 9.17) is 4.74 Å². The third-order valence-corrected chi connectivity index (χ3v) is 9.80. The van der Waals surface area contributed by atoms with Crippen LogP contribution in [0.3, 0.4) is 0 Å². The molecule has 1 aromatic rings. The van der Waals surface area contributed by atoms with Gasteiger partial charge in [-0.25, -0.2) is 4.79 Å². The first-order valence-electron chi connectivity index (χ1n) is 16.2. The summed E-state index contributed by atoms with van der Waals surface area (Å²) in [6, 6.07) is 10.0. The smallest absolute Gasteiger partial charge is 0.317 e. The van der Waals surface area contributed by atoms with E-state index in [-0.39, 0.29) is 18.5 Å². The summed E-state index contributed by atoms with van der Waals surface area (Å²) in [5.74, 6) is 1.46. The molecule has 4 aliphatic rings. The maximum atomic E-state index is 13.4. The second-order valence-corrected chi connectivity index (χ2v) is 12.9. The van der Waals surface area contributed by atoms with Crippen LogP contribution >= 0.6 is 0 Å². The van der Waals surface area contributed by atoms with Crippen LogP contribution in [0.1, 0.15) is 77.7 Å². The molecule has 41 heavy (non-hydrogen) atoms. The van der Waals surface area contributed by atoms with Crippen molar-refractivity contribution in [2.75, 3.05) is 59.0 Å². The molecule has 1 heterocycles. The molecule has 1 aliphatic heterocycles. The molecule has 3 amide bonds. The maximum absolute atomic E-state index is 13.4. The van der Waals surface area contributed by atoms with E-state index in [0.717, 1.165) is 57.0 Å². The first kappa shape index (κ1) is 31.6. The molecule has 1 aromatic carbocycles. The Kier molecular flexibility index (Phi) is 12.1. The number of urea groups is 1. The zero-order valence-electron chi connectivity index (χ0n) is 25.9. The zero-order valence-corrected chi connectivity index (χ0v) is 25.9. The molecule has 0 spiro atoms. The second kappa shape index (κ2) is 15.7. The van der Waals surface area contributed by atoms with Gasteiger partial charge in [0, 0.05) is 52.4 Å². The van der Waals surface area contributed by atoms with Crippen LogP contribution in [0.25, 0.3) is 0 Å². The maximum Gasteiger partial charge on any atom is 0.317 e. The largest absolute Gasteiger partial charge is 0.367 e. The van der Waals surface area contributed by atoms with Gasteiger partial charge in [-0.15, -0.1) is 0 Å². The van der Waals surface area contributed by atoms with Crippen molar-refractivity contribution < 1.29 is 14.3 Å². The molecule has 0 radical (unpaired) electrons. The standard InChI is InChI=1S/C34H54N4O3/c1-4-5-6-7-8-12-17-35-33(40)38(25-29-15-16-30-24-31(29)34(30,2)3)23-20-36-18-21-37(22-19-36)32(39)27-41-26-28-13-10-9-11-14-28/h9-11,13-15,30-31H,4-8,12,16-27H2,1-3H3,(H,35,40). The highest BCUT2D eigenvalue weighted by molar-refractivity contribution is 5.77. The number of unbranched alkanes of at least 4 members (excludes halogenated alkanes) is 5. The molecule has 3 aliphatic carbocycles. The average molecular weight is 567 g/mol. The molecule has 7 nitrogen and oxygen atoms in total. The third kappa shape index (κ3) is 9.05. The second-order valence-electron chi connectivity index (χ2n) is 12.9. The molecule has 2 fully saturated rings. The highest BCUT2D eigenvalue weighted by Gasteiger charge is 2.51. The number of nitrogens with zero attached hydrogens (tertiary/aromatic N) is 3. The summed E-state index contributed by atoms with van der Waals surface area (Å²) in [5, 5.41) is 3.23. The summed E-state index contributed by atoms with van der Waals surface area (Å²) in [6.07, 6.45) is 12.2. The van der Waals surface area contributed by atoms with Crippen LogP contribution in [0.5, 0.6) is 0 Å². The molecule has 228 valence electrons. The summed E-state index contributed by atoms with van der Waals surface area (Å²) in [6.45, 7) is 13.7. The van der Waals surface area contributed by atoms with Gasteiger partial charge in [-0.05, 0) is 42.1 Å². The number of fused-ring (bicyclic) bond motifs is 1. The molecule has 1 saturated carbocycles. The Bertz CT molecular complexity index is 987. The third-order valence-electron chi connectivity index (χ3n) is 9.80. The predicted octanol–water partition coefficient (Wildman–Crippen LogP) is 5.71. The van der Waals surface area contributed by atoms with Gasteiger partial charge in [0.15, 0.2) is 0 Å². The number of nitrogens with one attached hydrogen (secondary N) is 1. The van der Waals surface area contributed by atoms with Crippen LogP contribution in [0.2, 0.25) is 0 Å². The van der Waals surface area contributed by atoms with Crippen molar-refractivity contribution >= 4 is 11.9 Å². The molecule has 0 aromatic heterocycles. The molecule has 7 heteroatoms. The van der Waals surface area contributed by atoms with Crippen LogP contribution < -0.4 is 5.32 Å². The van der Waals surface area contributed by atoms with Crippen molar-refractivity contribution in [1.29, 1.82) is 0 Å². The number of benzene rings is 1. The first-order chi connectivity index (χ1) is 19.9. The molecule has 5 rings (SSSR count). The highest BCUT2D eigenvalue weighted by atomic mass is 16.5. The van der Waals surface area contributed by atoms with Crippen molar-refractivity contribution in [2.24, 2.45) is 17.3 Å². The summed E-state index contributed by atoms with van der Waals surface area (Å²) in [5.41, 5.74) is 2.90. The number of allylic oxidation sites excluding steroid dienone is 1. The van der Waals surface area contributed by atoms with Gasteiger partial charge in [0.2, 0.25) is 5.91 Å². The number of carbonyl (C=O) groups excluding carboxylic acids is 2. The molecule has 1 saturated heterocycles. The Morgan fingerprint density at radius 3 is 2.46 bits per heavy atom. The fourth-order valence-electron chi connectivity index (χ4n) is 6.75. The first-order valence-corrected chi connectivity index (χ1v) is 16.2. The van der Waals surface area contributed by atoms with Gasteiger partial charge in [0.25, 0.3) is 0 Å². The van der Waals surface area contributed by atoms with Gasteiger partial charge in [-0.3, -0.25) is 9.69 Å². The van der Waals surface area contributed by atoms with Crippen LogP contribution in [0.15, 0.2) is 42.0 Å². The van der Waals surface area contributed by atoms with Gasteiger partial charge in [-0.2, -0.15) is 0 Å². The minimum atomic E-state index is 0.0573. The number of ether oxygens (including phenoxy) is 1. The fourth-order valence-corrected chi connectivity index (χ4v) is 6.75. The van der Waals surface area contributed by atoms with Gasteiger partial charge in [0.1, 0.15) is 6.61 Å². The van der Waals surface area contributed by atoms with E-state index in [9.17, 15) is 9.59 Å². The quantitative estimate of drug-likeness (QED) is 0.206. The van der Waals surface area contributed by atoms with Gasteiger partial charge >= 0.3 is 6.03 Å². The Hall–Kier alpha value is -2.38. The van der Waals surface area contributed by atoms with E-state index in [1.165, 1.54) is 44.1 Å². The number of amides is 3. The minimum Gasteiger partial charge on any atom is -0.367 e. The van der Waals surface area contributed by atoms with E-state index in [1.54, 1.807) is 0 Å². The number of piperazine rings is 1. The summed E-state index contributed by atoms with van der Waals surface area (Å²) < 4.78 is 5.67. The van der Waals surface area contributed by atoms with Crippen LogP contribution in [-0.2, 0) is 16.1 Å². The number of hydrogen-bond acceptors (Lipinski definition) is 4.